The molecule has 0 heterocycles. The molecule has 2 aromatic carbocycles. The highest BCUT2D eigenvalue weighted by atomic mass is 79.9. The Bertz CT molecular complexity index is 567. The molecule has 0 aromatic heterocycles. The first-order valence-corrected chi connectivity index (χ1v) is 6.72. The van der Waals surface area contributed by atoms with Gasteiger partial charge in [0.25, 0.3) is 0 Å². The van der Waals surface area contributed by atoms with Crippen molar-refractivity contribution in [1.82, 2.24) is 0 Å². The Hall–Kier alpha value is -1.88. The standard InChI is InChI=1S/C15H12BrFO3/c16-12-7-4-8-13(17)15(12)20-10-14(18)19-9-11-5-2-1-3-6-11/h1-8H,9-10H2. The average molecular weight is 339 g/mol. The fourth-order valence-corrected chi connectivity index (χ4v) is 1.99. The molecule has 0 saturated heterocycles. The van der Waals surface area contributed by atoms with Gasteiger partial charge in [0.2, 0.25) is 0 Å². The Morgan fingerprint density at radius 3 is 2.55 bits per heavy atom. The predicted octanol–water partition coefficient (Wildman–Crippen LogP) is 3.71. The number of hydrogen-bond acceptors (Lipinski definition) is 3. The van der Waals surface area contributed by atoms with Crippen molar-refractivity contribution in [3.63, 3.8) is 0 Å². The molecule has 3 nitrogen and oxygen atoms in total. The second-order valence-electron chi connectivity index (χ2n) is 3.99. The lowest BCUT2D eigenvalue weighted by Crippen LogP contribution is -2.15. The Morgan fingerprint density at radius 2 is 1.85 bits per heavy atom. The van der Waals surface area contributed by atoms with Gasteiger partial charge >= 0.3 is 5.97 Å². The second kappa shape index (κ2) is 7.05. The molecular formula is C15H12BrFO3. The molecule has 0 radical (unpaired) electrons. The SMILES string of the molecule is O=C(COc1c(F)cccc1Br)OCc1ccccc1. The fraction of sp³-hybridized carbons (Fsp3) is 0.133. The van der Waals surface area contributed by atoms with Gasteiger partial charge in [-0.05, 0) is 33.6 Å². The van der Waals surface area contributed by atoms with Crippen LogP contribution < -0.4 is 4.74 Å². The van der Waals surface area contributed by atoms with Crippen LogP contribution in [0.25, 0.3) is 0 Å². The monoisotopic (exact) mass is 338 g/mol. The van der Waals surface area contributed by atoms with Crippen LogP contribution in [0.5, 0.6) is 5.75 Å². The predicted molar refractivity (Wildman–Crippen MR) is 75.8 cm³/mol. The molecule has 0 aliphatic carbocycles. The van der Waals surface area contributed by atoms with Crippen LogP contribution in [-0.2, 0) is 16.1 Å². The number of carbonyl (C=O) groups excluding carboxylic acids is 1. The summed E-state index contributed by atoms with van der Waals surface area (Å²) < 4.78 is 24.0. The lowest BCUT2D eigenvalue weighted by Gasteiger charge is -2.09. The first kappa shape index (κ1) is 14.5. The van der Waals surface area contributed by atoms with Gasteiger partial charge in [-0.1, -0.05) is 36.4 Å². The quantitative estimate of drug-likeness (QED) is 0.779. The summed E-state index contributed by atoms with van der Waals surface area (Å²) in [4.78, 5) is 11.5. The minimum absolute atomic E-state index is 0.00385. The minimum atomic E-state index is -0.552. The average Bonchev–Trinajstić information content (AvgIpc) is 2.46. The lowest BCUT2D eigenvalue weighted by molar-refractivity contribution is -0.147. The molecule has 0 aliphatic rings. The number of esters is 1. The van der Waals surface area contributed by atoms with Gasteiger partial charge in [-0.3, -0.25) is 0 Å². The molecule has 0 aliphatic heterocycles. The summed E-state index contributed by atoms with van der Waals surface area (Å²) in [6, 6.07) is 13.7. The summed E-state index contributed by atoms with van der Waals surface area (Å²) >= 11 is 3.16. The summed E-state index contributed by atoms with van der Waals surface area (Å²) in [5, 5.41) is 0. The van der Waals surface area contributed by atoms with Gasteiger partial charge in [0.15, 0.2) is 18.2 Å². The summed E-state index contributed by atoms with van der Waals surface area (Å²) in [5.74, 6) is -1.08. The van der Waals surface area contributed by atoms with E-state index < -0.39 is 11.8 Å². The molecule has 0 amide bonds. The molecule has 0 atom stereocenters. The molecule has 0 unspecified atom stereocenters. The highest BCUT2D eigenvalue weighted by molar-refractivity contribution is 9.10. The number of carbonyl (C=O) groups is 1. The Kier molecular flexibility index (Phi) is 5.12. The molecular weight excluding hydrogens is 327 g/mol. The summed E-state index contributed by atoms with van der Waals surface area (Å²) in [7, 11) is 0. The normalized spacial score (nSPS) is 10.1. The Labute approximate surface area is 124 Å². The van der Waals surface area contributed by atoms with Crippen LogP contribution in [0.15, 0.2) is 53.0 Å². The minimum Gasteiger partial charge on any atom is -0.478 e. The van der Waals surface area contributed by atoms with Gasteiger partial charge < -0.3 is 9.47 Å². The summed E-state index contributed by atoms with van der Waals surface area (Å²) in [5.41, 5.74) is 0.882. The maximum absolute atomic E-state index is 13.4. The number of halogens is 2. The van der Waals surface area contributed by atoms with E-state index in [9.17, 15) is 9.18 Å². The van der Waals surface area contributed by atoms with Crippen LogP contribution >= 0.6 is 15.9 Å². The zero-order valence-electron chi connectivity index (χ0n) is 10.5. The van der Waals surface area contributed by atoms with Crippen molar-refractivity contribution < 1.29 is 18.7 Å². The van der Waals surface area contributed by atoms with Crippen LogP contribution in [0.2, 0.25) is 0 Å². The van der Waals surface area contributed by atoms with Crippen molar-refractivity contribution in [3.8, 4) is 5.75 Å². The van der Waals surface area contributed by atoms with E-state index in [0.29, 0.717) is 4.47 Å². The Morgan fingerprint density at radius 1 is 1.10 bits per heavy atom. The number of rotatable bonds is 5. The van der Waals surface area contributed by atoms with Crippen molar-refractivity contribution in [2.45, 2.75) is 6.61 Å². The van der Waals surface area contributed by atoms with Crippen LogP contribution in [0, 0.1) is 5.82 Å². The molecule has 2 rings (SSSR count). The molecule has 0 fully saturated rings. The molecule has 0 spiro atoms. The zero-order chi connectivity index (χ0) is 14.4. The van der Waals surface area contributed by atoms with E-state index >= 15 is 0 Å². The van der Waals surface area contributed by atoms with Crippen LogP contribution in [0.4, 0.5) is 4.39 Å². The van der Waals surface area contributed by atoms with E-state index in [2.05, 4.69) is 15.9 Å². The summed E-state index contributed by atoms with van der Waals surface area (Å²) in [6.45, 7) is -0.173. The first-order valence-electron chi connectivity index (χ1n) is 5.93. The fourth-order valence-electron chi connectivity index (χ4n) is 1.53. The Balaban J connectivity index is 1.84. The van der Waals surface area contributed by atoms with Crippen molar-refractivity contribution in [1.29, 1.82) is 0 Å². The topological polar surface area (TPSA) is 35.5 Å². The summed E-state index contributed by atoms with van der Waals surface area (Å²) in [6.07, 6.45) is 0. The number of para-hydroxylation sites is 1. The molecule has 0 saturated carbocycles. The van der Waals surface area contributed by atoms with Crippen molar-refractivity contribution in [2.24, 2.45) is 0 Å². The van der Waals surface area contributed by atoms with E-state index in [1.807, 2.05) is 30.3 Å². The molecule has 0 N–H and O–H groups in total. The molecule has 5 heteroatoms. The van der Waals surface area contributed by atoms with Gasteiger partial charge in [0.1, 0.15) is 6.61 Å². The third-order valence-corrected chi connectivity index (χ3v) is 3.12. The van der Waals surface area contributed by atoms with E-state index in [1.165, 1.54) is 6.07 Å². The molecule has 104 valence electrons. The van der Waals surface area contributed by atoms with Gasteiger partial charge in [0, 0.05) is 0 Å². The highest BCUT2D eigenvalue weighted by Crippen LogP contribution is 2.27. The number of benzene rings is 2. The zero-order valence-corrected chi connectivity index (χ0v) is 12.1. The van der Waals surface area contributed by atoms with Crippen molar-refractivity contribution in [3.05, 3.63) is 64.4 Å². The van der Waals surface area contributed by atoms with E-state index in [0.717, 1.165) is 5.56 Å². The van der Waals surface area contributed by atoms with Gasteiger partial charge in [-0.2, -0.15) is 0 Å². The second-order valence-corrected chi connectivity index (χ2v) is 4.84. The molecule has 0 bridgehead atoms. The largest absolute Gasteiger partial charge is 0.478 e. The maximum Gasteiger partial charge on any atom is 0.344 e. The van der Waals surface area contributed by atoms with Gasteiger partial charge in [-0.15, -0.1) is 0 Å². The smallest absolute Gasteiger partial charge is 0.344 e. The third-order valence-electron chi connectivity index (χ3n) is 2.50. The third kappa shape index (κ3) is 4.06. The van der Waals surface area contributed by atoms with Gasteiger partial charge in [-0.25, -0.2) is 9.18 Å². The first-order chi connectivity index (χ1) is 9.66. The molecule has 20 heavy (non-hydrogen) atoms. The number of hydrogen-bond donors (Lipinski definition) is 0. The van der Waals surface area contributed by atoms with Gasteiger partial charge in [0.05, 0.1) is 4.47 Å². The van der Waals surface area contributed by atoms with E-state index in [-0.39, 0.29) is 19.0 Å². The maximum atomic E-state index is 13.4. The van der Waals surface area contributed by atoms with Crippen molar-refractivity contribution in [2.75, 3.05) is 6.61 Å². The highest BCUT2D eigenvalue weighted by Gasteiger charge is 2.11. The van der Waals surface area contributed by atoms with E-state index in [1.54, 1.807) is 12.1 Å². The lowest BCUT2D eigenvalue weighted by atomic mass is 10.2. The molecule has 2 aromatic rings. The van der Waals surface area contributed by atoms with Crippen LogP contribution in [-0.4, -0.2) is 12.6 Å². The van der Waals surface area contributed by atoms with E-state index in [4.69, 9.17) is 9.47 Å². The number of ether oxygens (including phenoxy) is 2. The van der Waals surface area contributed by atoms with Crippen LogP contribution in [0.3, 0.4) is 0 Å². The van der Waals surface area contributed by atoms with Crippen molar-refractivity contribution >= 4 is 21.9 Å². The van der Waals surface area contributed by atoms with Crippen LogP contribution in [0.1, 0.15) is 5.56 Å².